The monoisotopic (exact) mass is 1810 g/mol. The Morgan fingerprint density at radius 1 is 0.128 bits per heavy atom. The molecule has 0 saturated carbocycles. The molecule has 0 spiro atoms. The number of aromatic nitrogens is 9. The lowest BCUT2D eigenvalue weighted by Gasteiger charge is -2.23. The summed E-state index contributed by atoms with van der Waals surface area (Å²) in [5.74, 6) is 5.89. The Morgan fingerprint density at radius 2 is 0.312 bits per heavy atom. The molecule has 23 aromatic rings. The van der Waals surface area contributed by atoms with Crippen molar-refractivity contribution in [1.82, 2.24) is 44.9 Å². The number of benzene rings is 20. The minimum Gasteiger partial charge on any atom is -0.208 e. The van der Waals surface area contributed by atoms with Crippen LogP contribution in [0.15, 0.2) is 467 Å². The summed E-state index contributed by atoms with van der Waals surface area (Å²) in [4.78, 5) is 45.1. The predicted molar refractivity (Wildman–Crippen MR) is 581 cm³/mol. The Hall–Kier alpha value is -17.8. The predicted octanol–water partition coefficient (Wildman–Crippen LogP) is 33.3. The Balaban J connectivity index is 0.000000115. The van der Waals surface area contributed by atoms with Gasteiger partial charge in [0.2, 0.25) is 0 Å². The second-order valence-electron chi connectivity index (χ2n) is 38.2. The molecule has 0 radical (unpaired) electrons. The quantitative estimate of drug-likeness (QED) is 0.105. The standard InChI is InChI=1S/2C46H33N3.C40H29N3/c1-46(2)39-23-12-11-22-38(39)42-40(46)29-34-18-9-10-21-37(34)41(42)35-19-13-20-36(28-35)45-48-43(32-16-7-4-8-17-32)47-44(49-45)33-26-24-31(25-27-33)30-14-5-3-6-15-30;1-46(2)39-20-12-11-19-38(39)42-40(46)29-36-17-9-10-18-37(36)41(42)32-23-27-35(28-24-32)45-48-43(33-15-7-4-8-16-33)47-44(49-45)34-25-21-31(22-26-34)30-13-5-3-6-14-30;1-40(2)33-23-12-11-22-32(33)36-34(40)25-28-18-9-10-21-31(28)35(36)29-19-13-20-30(24-29)39-42-37(26-14-5-3-6-15-26)41-38(43-39)27-16-7-4-8-17-27/h2*3-29H,1-2H3;3-25H,1-2H3. The van der Waals surface area contributed by atoms with E-state index in [1.54, 1.807) is 0 Å². The third-order valence-corrected chi connectivity index (χ3v) is 28.6. The molecule has 0 amide bonds. The lowest BCUT2D eigenvalue weighted by atomic mass is 9.80. The van der Waals surface area contributed by atoms with Crippen molar-refractivity contribution < 1.29 is 0 Å². The van der Waals surface area contributed by atoms with Crippen LogP contribution in [0.25, 0.3) is 224 Å². The number of hydrogen-bond acceptors (Lipinski definition) is 9. The second-order valence-corrected chi connectivity index (χ2v) is 38.2. The van der Waals surface area contributed by atoms with Gasteiger partial charge in [-0.2, -0.15) is 0 Å². The maximum absolute atomic E-state index is 5.11. The molecule has 0 bridgehead atoms. The zero-order chi connectivity index (χ0) is 94.9. The van der Waals surface area contributed by atoms with Gasteiger partial charge in [0.1, 0.15) is 0 Å². The molecule has 9 nitrogen and oxygen atoms in total. The first-order valence-corrected chi connectivity index (χ1v) is 48.3. The molecular formula is C132H95N9. The highest BCUT2D eigenvalue weighted by Gasteiger charge is 2.41. The largest absolute Gasteiger partial charge is 0.208 e. The van der Waals surface area contributed by atoms with E-state index in [2.05, 4.69) is 387 Å². The molecule has 141 heavy (non-hydrogen) atoms. The molecule has 0 unspecified atom stereocenters. The van der Waals surface area contributed by atoms with Crippen LogP contribution in [0, 0.1) is 0 Å². The van der Waals surface area contributed by atoms with Crippen molar-refractivity contribution in [2.75, 3.05) is 0 Å². The van der Waals surface area contributed by atoms with Gasteiger partial charge in [-0.3, -0.25) is 0 Å². The first-order valence-electron chi connectivity index (χ1n) is 48.3. The summed E-state index contributed by atoms with van der Waals surface area (Å²) < 4.78 is 0. The minimum absolute atomic E-state index is 0.0843. The summed E-state index contributed by atoms with van der Waals surface area (Å²) in [5.41, 5.74) is 36.4. The third-order valence-electron chi connectivity index (χ3n) is 28.6. The van der Waals surface area contributed by atoms with Gasteiger partial charge < -0.3 is 0 Å². The van der Waals surface area contributed by atoms with Crippen LogP contribution in [0.1, 0.15) is 74.9 Å². The van der Waals surface area contributed by atoms with Crippen LogP contribution in [0.2, 0.25) is 0 Å². The van der Waals surface area contributed by atoms with E-state index >= 15 is 0 Å². The van der Waals surface area contributed by atoms with Crippen LogP contribution < -0.4 is 0 Å². The third kappa shape index (κ3) is 15.8. The van der Waals surface area contributed by atoms with Crippen LogP contribution in [-0.4, -0.2) is 44.9 Å². The summed E-state index contributed by atoms with van der Waals surface area (Å²) in [5, 5.41) is 7.50. The first kappa shape index (κ1) is 86.1. The van der Waals surface area contributed by atoms with Gasteiger partial charge >= 0.3 is 0 Å². The number of hydrogen-bond donors (Lipinski definition) is 0. The van der Waals surface area contributed by atoms with E-state index in [1.807, 2.05) is 121 Å². The zero-order valence-electron chi connectivity index (χ0n) is 79.0. The van der Waals surface area contributed by atoms with Gasteiger partial charge in [0.25, 0.3) is 0 Å². The van der Waals surface area contributed by atoms with Gasteiger partial charge in [0.05, 0.1) is 0 Å². The average Bonchev–Trinajstić information content (AvgIpc) is 1.56. The normalized spacial score (nSPS) is 12.9. The van der Waals surface area contributed by atoms with Gasteiger partial charge in [-0.25, -0.2) is 44.9 Å². The molecule has 0 N–H and O–H groups in total. The molecule has 20 aromatic carbocycles. The van der Waals surface area contributed by atoms with Crippen LogP contribution in [0.5, 0.6) is 0 Å². The van der Waals surface area contributed by atoms with E-state index in [4.69, 9.17) is 44.9 Å². The van der Waals surface area contributed by atoms with Crippen molar-refractivity contribution in [3.8, 4) is 192 Å². The molecule has 0 atom stereocenters. The minimum atomic E-state index is -0.105. The van der Waals surface area contributed by atoms with Crippen molar-refractivity contribution in [3.63, 3.8) is 0 Å². The number of rotatable bonds is 14. The smallest absolute Gasteiger partial charge is 0.164 e. The SMILES string of the molecule is CC1(C)c2ccccc2-c2c1cc1ccccc1c2-c1ccc(-c2nc(-c3ccccc3)nc(-c3ccc(-c4ccccc4)cc3)n2)cc1.CC1(C)c2ccccc2-c2c1cc1ccccc1c2-c1cccc(-c2nc(-c3ccccc3)nc(-c3ccc(-c4ccccc4)cc3)n2)c1.CC1(C)c2ccccc2-c2c1cc1ccccc1c2-c1cccc(-c2nc(-c3ccccc3)nc(-c3ccccc3)n2)c1. The maximum atomic E-state index is 5.11. The Labute approximate surface area is 821 Å². The second kappa shape index (κ2) is 35.7. The highest BCUT2D eigenvalue weighted by molar-refractivity contribution is 6.12. The van der Waals surface area contributed by atoms with Crippen LogP contribution in [0.4, 0.5) is 0 Å². The van der Waals surface area contributed by atoms with Crippen molar-refractivity contribution in [2.45, 2.75) is 57.8 Å². The lowest BCUT2D eigenvalue weighted by Crippen LogP contribution is -2.14. The molecule has 0 fully saturated rings. The molecule has 0 saturated heterocycles. The highest BCUT2D eigenvalue weighted by atomic mass is 15.1. The van der Waals surface area contributed by atoms with Gasteiger partial charge in [-0.05, 0) is 185 Å². The van der Waals surface area contributed by atoms with Crippen molar-refractivity contribution in [3.05, 3.63) is 500 Å². The Bertz CT molecular complexity index is 8690. The van der Waals surface area contributed by atoms with Crippen LogP contribution in [0.3, 0.4) is 0 Å². The molecule has 3 aliphatic rings. The topological polar surface area (TPSA) is 116 Å². The van der Waals surface area contributed by atoms with E-state index in [0.29, 0.717) is 52.4 Å². The van der Waals surface area contributed by atoms with E-state index in [9.17, 15) is 0 Å². The molecular weight excluding hydrogens is 1710 g/mol. The van der Waals surface area contributed by atoms with E-state index < -0.39 is 0 Å². The van der Waals surface area contributed by atoms with E-state index in [1.165, 1.54) is 132 Å². The number of fused-ring (bicyclic) bond motifs is 12. The first-order chi connectivity index (χ1) is 69.2. The molecule has 0 aliphatic heterocycles. The molecule has 3 aliphatic carbocycles. The van der Waals surface area contributed by atoms with Gasteiger partial charge in [0, 0.05) is 66.3 Å². The van der Waals surface area contributed by atoms with Crippen molar-refractivity contribution >= 4 is 32.3 Å². The highest BCUT2D eigenvalue weighted by Crippen LogP contribution is 2.59. The maximum Gasteiger partial charge on any atom is 0.164 e. The fraction of sp³-hybridized carbons (Fsp3) is 0.0682. The van der Waals surface area contributed by atoms with E-state index in [-0.39, 0.29) is 16.2 Å². The summed E-state index contributed by atoms with van der Waals surface area (Å²) in [7, 11) is 0. The molecule has 26 rings (SSSR count). The lowest BCUT2D eigenvalue weighted by molar-refractivity contribution is 0.661. The number of nitrogens with zero attached hydrogens (tertiary/aromatic N) is 9. The van der Waals surface area contributed by atoms with Crippen LogP contribution >= 0.6 is 0 Å². The summed E-state index contributed by atoms with van der Waals surface area (Å²) in [6.45, 7) is 14.1. The van der Waals surface area contributed by atoms with Crippen molar-refractivity contribution in [1.29, 1.82) is 0 Å². The summed E-state index contributed by atoms with van der Waals surface area (Å²) in [6.07, 6.45) is 0. The van der Waals surface area contributed by atoms with Gasteiger partial charge in [-0.15, -0.1) is 0 Å². The molecule has 9 heteroatoms. The van der Waals surface area contributed by atoms with Gasteiger partial charge in [-0.1, -0.05) is 478 Å². The fourth-order valence-corrected chi connectivity index (χ4v) is 21.4. The average molecular weight is 1810 g/mol. The van der Waals surface area contributed by atoms with Gasteiger partial charge in [0.15, 0.2) is 52.4 Å². The molecule has 3 heterocycles. The van der Waals surface area contributed by atoms with Crippen LogP contribution in [-0.2, 0) is 16.2 Å². The fourth-order valence-electron chi connectivity index (χ4n) is 21.4. The molecule has 668 valence electrons. The Kier molecular flexibility index (Phi) is 21.8. The Morgan fingerprint density at radius 3 is 0.589 bits per heavy atom. The summed E-state index contributed by atoms with van der Waals surface area (Å²) in [6, 6.07) is 165. The summed E-state index contributed by atoms with van der Waals surface area (Å²) >= 11 is 0. The molecule has 3 aromatic heterocycles. The zero-order valence-corrected chi connectivity index (χ0v) is 79.0. The van der Waals surface area contributed by atoms with E-state index in [0.717, 1.165) is 72.3 Å². The van der Waals surface area contributed by atoms with Crippen molar-refractivity contribution in [2.24, 2.45) is 0 Å².